The number of carbonyl (C=O) groups excluding carboxylic acids is 2. The molecular formula is C17H24N2O4. The molecule has 1 aromatic rings. The SMILES string of the molecule is CCC1CC(CC(=O)NC(C(=O)OC)c2ccccn2)CCO1. The zero-order chi connectivity index (χ0) is 16.7. The Morgan fingerprint density at radius 2 is 2.30 bits per heavy atom. The van der Waals surface area contributed by atoms with E-state index < -0.39 is 12.0 Å². The zero-order valence-electron chi connectivity index (χ0n) is 13.7. The van der Waals surface area contributed by atoms with Gasteiger partial charge in [0.15, 0.2) is 6.04 Å². The molecule has 126 valence electrons. The van der Waals surface area contributed by atoms with Crippen molar-refractivity contribution in [3.63, 3.8) is 0 Å². The van der Waals surface area contributed by atoms with E-state index in [0.717, 1.165) is 19.3 Å². The molecule has 0 aliphatic carbocycles. The first-order valence-electron chi connectivity index (χ1n) is 8.03. The molecule has 2 heterocycles. The van der Waals surface area contributed by atoms with Crippen LogP contribution in [0.3, 0.4) is 0 Å². The van der Waals surface area contributed by atoms with E-state index in [1.165, 1.54) is 7.11 Å². The lowest BCUT2D eigenvalue weighted by Crippen LogP contribution is -2.37. The molecule has 1 fully saturated rings. The second-order valence-electron chi connectivity index (χ2n) is 5.77. The van der Waals surface area contributed by atoms with Gasteiger partial charge in [-0.15, -0.1) is 0 Å². The Kier molecular flexibility index (Phi) is 6.52. The molecule has 1 N–H and O–H groups in total. The normalized spacial score (nSPS) is 22.2. The number of hydrogen-bond acceptors (Lipinski definition) is 5. The second-order valence-corrected chi connectivity index (χ2v) is 5.77. The number of amides is 1. The summed E-state index contributed by atoms with van der Waals surface area (Å²) in [5.74, 6) is -0.390. The second kappa shape index (κ2) is 8.62. The number of aromatic nitrogens is 1. The van der Waals surface area contributed by atoms with Gasteiger partial charge >= 0.3 is 5.97 Å². The molecule has 0 saturated carbocycles. The maximum atomic E-state index is 12.3. The maximum absolute atomic E-state index is 12.3. The first-order valence-corrected chi connectivity index (χ1v) is 8.03. The highest BCUT2D eigenvalue weighted by molar-refractivity contribution is 5.85. The highest BCUT2D eigenvalue weighted by Gasteiger charge is 2.28. The summed E-state index contributed by atoms with van der Waals surface area (Å²) in [7, 11) is 1.30. The molecule has 6 nitrogen and oxygen atoms in total. The summed E-state index contributed by atoms with van der Waals surface area (Å²) < 4.78 is 10.4. The number of rotatable bonds is 6. The predicted molar refractivity (Wildman–Crippen MR) is 84.5 cm³/mol. The molecule has 0 bridgehead atoms. The fourth-order valence-corrected chi connectivity index (χ4v) is 2.83. The summed E-state index contributed by atoms with van der Waals surface area (Å²) in [6, 6.07) is 4.36. The Hall–Kier alpha value is -1.95. The van der Waals surface area contributed by atoms with Crippen molar-refractivity contribution in [1.82, 2.24) is 10.3 Å². The van der Waals surface area contributed by atoms with Crippen molar-refractivity contribution < 1.29 is 19.1 Å². The Morgan fingerprint density at radius 3 is 2.96 bits per heavy atom. The number of nitrogens with zero attached hydrogens (tertiary/aromatic N) is 1. The Balaban J connectivity index is 1.96. The number of methoxy groups -OCH3 is 1. The summed E-state index contributed by atoms with van der Waals surface area (Å²) in [5, 5.41) is 2.75. The minimum absolute atomic E-state index is 0.159. The molecule has 23 heavy (non-hydrogen) atoms. The van der Waals surface area contributed by atoms with Crippen molar-refractivity contribution in [2.75, 3.05) is 13.7 Å². The average Bonchev–Trinajstić information content (AvgIpc) is 2.60. The first-order chi connectivity index (χ1) is 11.1. The molecule has 1 aliphatic rings. The van der Waals surface area contributed by atoms with Gasteiger partial charge in [0.25, 0.3) is 0 Å². The van der Waals surface area contributed by atoms with Gasteiger partial charge in [-0.05, 0) is 37.3 Å². The van der Waals surface area contributed by atoms with Crippen molar-refractivity contribution in [1.29, 1.82) is 0 Å². The lowest BCUT2D eigenvalue weighted by molar-refractivity contribution is -0.145. The maximum Gasteiger partial charge on any atom is 0.334 e. The van der Waals surface area contributed by atoms with Crippen LogP contribution in [-0.2, 0) is 19.1 Å². The van der Waals surface area contributed by atoms with E-state index in [4.69, 9.17) is 9.47 Å². The van der Waals surface area contributed by atoms with Crippen molar-refractivity contribution >= 4 is 11.9 Å². The summed E-state index contributed by atoms with van der Waals surface area (Å²) in [6.45, 7) is 2.78. The average molecular weight is 320 g/mol. The van der Waals surface area contributed by atoms with Crippen LogP contribution in [0.4, 0.5) is 0 Å². The van der Waals surface area contributed by atoms with E-state index in [0.29, 0.717) is 18.7 Å². The highest BCUT2D eigenvalue weighted by Crippen LogP contribution is 2.25. The van der Waals surface area contributed by atoms with E-state index >= 15 is 0 Å². The summed E-state index contributed by atoms with van der Waals surface area (Å²) in [5.41, 5.74) is 0.478. The molecule has 1 aliphatic heterocycles. The van der Waals surface area contributed by atoms with Crippen LogP contribution >= 0.6 is 0 Å². The standard InChI is InChI=1S/C17H24N2O4/c1-3-13-10-12(7-9-23-13)11-15(20)19-16(17(21)22-2)14-6-4-5-8-18-14/h4-6,8,12-13,16H,3,7,9-11H2,1-2H3,(H,19,20). The number of esters is 1. The third-order valence-electron chi connectivity index (χ3n) is 4.13. The molecule has 3 atom stereocenters. The number of ether oxygens (including phenoxy) is 2. The monoisotopic (exact) mass is 320 g/mol. The van der Waals surface area contributed by atoms with Crippen LogP contribution < -0.4 is 5.32 Å². The largest absolute Gasteiger partial charge is 0.467 e. The van der Waals surface area contributed by atoms with E-state index in [1.54, 1.807) is 24.4 Å². The van der Waals surface area contributed by atoms with E-state index in [9.17, 15) is 9.59 Å². The predicted octanol–water partition coefficient (Wildman–Crippen LogP) is 2.01. The molecule has 6 heteroatoms. The van der Waals surface area contributed by atoms with Crippen molar-refractivity contribution in [3.05, 3.63) is 30.1 Å². The molecule has 1 aromatic heterocycles. The minimum atomic E-state index is -0.865. The molecule has 0 spiro atoms. The van der Waals surface area contributed by atoms with E-state index in [2.05, 4.69) is 17.2 Å². The van der Waals surface area contributed by atoms with Crippen molar-refractivity contribution in [2.45, 2.75) is 44.8 Å². The van der Waals surface area contributed by atoms with Gasteiger partial charge in [-0.25, -0.2) is 4.79 Å². The summed E-state index contributed by atoms with van der Waals surface area (Å²) >= 11 is 0. The van der Waals surface area contributed by atoms with Crippen LogP contribution in [0.5, 0.6) is 0 Å². The van der Waals surface area contributed by atoms with Crippen LogP contribution in [-0.4, -0.2) is 36.7 Å². The van der Waals surface area contributed by atoms with Crippen LogP contribution in [0.15, 0.2) is 24.4 Å². The van der Waals surface area contributed by atoms with Crippen molar-refractivity contribution in [3.8, 4) is 0 Å². The zero-order valence-corrected chi connectivity index (χ0v) is 13.7. The van der Waals surface area contributed by atoms with Gasteiger partial charge in [0.2, 0.25) is 5.91 Å². The van der Waals surface area contributed by atoms with Crippen molar-refractivity contribution in [2.24, 2.45) is 5.92 Å². The Bertz CT molecular complexity index is 521. The van der Waals surface area contributed by atoms with Gasteiger partial charge in [-0.2, -0.15) is 0 Å². The van der Waals surface area contributed by atoms with Gasteiger partial charge in [0.05, 0.1) is 18.9 Å². The van der Waals surface area contributed by atoms with Crippen LogP contribution in [0, 0.1) is 5.92 Å². The first kappa shape index (κ1) is 17.4. The van der Waals surface area contributed by atoms with Gasteiger partial charge in [0.1, 0.15) is 0 Å². The number of carbonyl (C=O) groups is 2. The number of hydrogen-bond donors (Lipinski definition) is 1. The van der Waals surface area contributed by atoms with Gasteiger partial charge < -0.3 is 14.8 Å². The molecule has 1 amide bonds. The fraction of sp³-hybridized carbons (Fsp3) is 0.588. The number of nitrogens with one attached hydrogen (secondary N) is 1. The Labute approximate surface area is 136 Å². The van der Waals surface area contributed by atoms with E-state index in [1.807, 2.05) is 0 Å². The molecule has 2 rings (SSSR count). The lowest BCUT2D eigenvalue weighted by atomic mass is 9.91. The molecule has 1 saturated heterocycles. The van der Waals surface area contributed by atoms with Crippen LogP contribution in [0.1, 0.15) is 44.3 Å². The van der Waals surface area contributed by atoms with Gasteiger partial charge in [0, 0.05) is 19.2 Å². The quantitative estimate of drug-likeness (QED) is 0.811. The number of pyridine rings is 1. The topological polar surface area (TPSA) is 77.5 Å². The van der Waals surface area contributed by atoms with Crippen LogP contribution in [0.25, 0.3) is 0 Å². The van der Waals surface area contributed by atoms with Crippen LogP contribution in [0.2, 0.25) is 0 Å². The molecule has 3 unspecified atom stereocenters. The highest BCUT2D eigenvalue weighted by atomic mass is 16.5. The Morgan fingerprint density at radius 1 is 1.48 bits per heavy atom. The molecule has 0 radical (unpaired) electrons. The molecular weight excluding hydrogens is 296 g/mol. The van der Waals surface area contributed by atoms with E-state index in [-0.39, 0.29) is 17.9 Å². The summed E-state index contributed by atoms with van der Waals surface area (Å²) in [4.78, 5) is 28.4. The third-order valence-corrected chi connectivity index (χ3v) is 4.13. The van der Waals surface area contributed by atoms with Gasteiger partial charge in [-0.3, -0.25) is 9.78 Å². The fourth-order valence-electron chi connectivity index (χ4n) is 2.83. The lowest BCUT2D eigenvalue weighted by Gasteiger charge is -2.28. The minimum Gasteiger partial charge on any atom is -0.467 e. The third kappa shape index (κ3) is 5.03. The summed E-state index contributed by atoms with van der Waals surface area (Å²) in [6.07, 6.45) is 4.92. The smallest absolute Gasteiger partial charge is 0.334 e. The molecule has 0 aromatic carbocycles. The van der Waals surface area contributed by atoms with Gasteiger partial charge in [-0.1, -0.05) is 13.0 Å².